The Morgan fingerprint density at radius 2 is 1.77 bits per heavy atom. The van der Waals surface area contributed by atoms with Gasteiger partial charge in [0.15, 0.2) is 22.3 Å². The zero-order chi connectivity index (χ0) is 45.0. The lowest BCUT2D eigenvalue weighted by Crippen LogP contribution is -2.54. The molecular formula is C49H56ClN7O7S. The van der Waals surface area contributed by atoms with Gasteiger partial charge in [-0.05, 0) is 111 Å². The SMILES string of the molecule is CC(C)c1ccccc1[C@@H]1CCCN1C1CC2(CCN(c3ccc(C(=O)NS(=O)(=O)c4cc5c(c([N+](=O)[O-])c4)N[C@@H](C4CCCCC4)CO5)c(Oc4cc5cc[nH]c5nc4Cl)c3)CC2)C1. The first-order valence-electron chi connectivity index (χ1n) is 23.2. The number of nitrogens with one attached hydrogen (secondary N) is 3. The Morgan fingerprint density at radius 1 is 0.985 bits per heavy atom. The van der Waals surface area contributed by atoms with E-state index < -0.39 is 31.4 Å². The Morgan fingerprint density at radius 3 is 2.54 bits per heavy atom. The second kappa shape index (κ2) is 17.4. The third-order valence-corrected chi connectivity index (χ3v) is 16.5. The van der Waals surface area contributed by atoms with Crippen molar-refractivity contribution in [1.29, 1.82) is 0 Å². The number of halogens is 1. The van der Waals surface area contributed by atoms with E-state index in [1.807, 2.05) is 6.07 Å². The molecule has 14 nitrogen and oxygen atoms in total. The van der Waals surface area contributed by atoms with E-state index in [-0.39, 0.29) is 51.7 Å². The molecule has 5 heterocycles. The van der Waals surface area contributed by atoms with E-state index in [2.05, 4.69) is 67.9 Å². The number of carbonyl (C=O) groups is 1. The van der Waals surface area contributed by atoms with Crippen LogP contribution in [0.4, 0.5) is 17.1 Å². The molecule has 16 heteroatoms. The molecule has 342 valence electrons. The second-order valence-corrected chi connectivity index (χ2v) is 21.2. The minimum Gasteiger partial charge on any atom is -0.489 e. The number of piperidine rings is 1. The molecule has 1 amide bonds. The van der Waals surface area contributed by atoms with Crippen molar-refractivity contribution in [2.75, 3.05) is 36.5 Å². The van der Waals surface area contributed by atoms with Gasteiger partial charge in [-0.2, -0.15) is 0 Å². The average molecular weight is 923 g/mol. The molecule has 0 radical (unpaired) electrons. The number of nitro benzene ring substituents is 1. The minimum absolute atomic E-state index is 0.0446. The number of sulfonamides is 1. The molecule has 3 N–H and O–H groups in total. The summed E-state index contributed by atoms with van der Waals surface area (Å²) in [5.74, 6) is 0.114. The molecule has 2 atom stereocenters. The van der Waals surface area contributed by atoms with Crippen molar-refractivity contribution in [2.45, 2.75) is 113 Å². The summed E-state index contributed by atoms with van der Waals surface area (Å²) in [6.07, 6.45) is 13.9. The van der Waals surface area contributed by atoms with Gasteiger partial charge in [0.2, 0.25) is 0 Å². The zero-order valence-electron chi connectivity index (χ0n) is 36.9. The van der Waals surface area contributed by atoms with E-state index >= 15 is 0 Å². The van der Waals surface area contributed by atoms with Crippen LogP contribution in [0.1, 0.15) is 118 Å². The standard InChI is InChI=1S/C49H56ClN7O7S/c1-30(2)36-11-6-7-12-37(36)40-13-8-20-56(40)34-27-49(28-34)17-21-55(22-18-49)33-14-15-38(42(24-33)64-44-23-32-16-19-51-47(32)53-46(44)50)48(58)54-65(61,62)35-25-41(57(59)60)45-43(26-35)63-29-39(52-45)31-9-4-3-5-10-31/h6-7,11-12,14-16,19,23-26,30-31,34,39-40,52H,3-5,8-10,13,17-18,20-22,27-29H2,1-2H3,(H,51,53)(H,54,58)/t39-,40+/m1/s1. The number of nitro groups is 1. The summed E-state index contributed by atoms with van der Waals surface area (Å²) < 4.78 is 42.4. The highest BCUT2D eigenvalue weighted by Crippen LogP contribution is 2.54. The highest BCUT2D eigenvalue weighted by molar-refractivity contribution is 7.90. The quantitative estimate of drug-likeness (QED) is 0.0654. The maximum atomic E-state index is 14.1. The highest BCUT2D eigenvalue weighted by atomic mass is 35.5. The summed E-state index contributed by atoms with van der Waals surface area (Å²) in [4.78, 5) is 37.9. The number of aromatic nitrogens is 2. The van der Waals surface area contributed by atoms with Crippen molar-refractivity contribution >= 4 is 55.6 Å². The van der Waals surface area contributed by atoms with Crippen molar-refractivity contribution in [2.24, 2.45) is 11.3 Å². The number of likely N-dealkylation sites (tertiary alicyclic amines) is 1. The summed E-state index contributed by atoms with van der Waals surface area (Å²) in [5.41, 5.74) is 4.24. The summed E-state index contributed by atoms with van der Waals surface area (Å²) in [6, 6.07) is 20.7. The highest BCUT2D eigenvalue weighted by Gasteiger charge is 2.50. The van der Waals surface area contributed by atoms with Crippen molar-refractivity contribution in [1.82, 2.24) is 19.6 Å². The molecule has 2 aromatic heterocycles. The molecule has 5 aromatic rings. The van der Waals surface area contributed by atoms with Crippen LogP contribution in [0.2, 0.25) is 5.15 Å². The molecule has 2 aliphatic carbocycles. The van der Waals surface area contributed by atoms with Crippen LogP contribution in [0.25, 0.3) is 11.0 Å². The number of amides is 1. The molecule has 3 aliphatic heterocycles. The number of aromatic amines is 1. The smallest absolute Gasteiger partial charge is 0.297 e. The molecule has 65 heavy (non-hydrogen) atoms. The lowest BCUT2D eigenvalue weighted by molar-refractivity contribution is -0.384. The predicted octanol–water partition coefficient (Wildman–Crippen LogP) is 10.5. The lowest BCUT2D eigenvalue weighted by atomic mass is 9.59. The predicted molar refractivity (Wildman–Crippen MR) is 251 cm³/mol. The fourth-order valence-corrected chi connectivity index (χ4v) is 12.6. The number of pyridine rings is 1. The van der Waals surface area contributed by atoms with Gasteiger partial charge in [0.1, 0.15) is 18.0 Å². The van der Waals surface area contributed by atoms with E-state index in [4.69, 9.17) is 21.1 Å². The Labute approximate surface area is 384 Å². The van der Waals surface area contributed by atoms with Crippen molar-refractivity contribution in [3.8, 4) is 17.2 Å². The fourth-order valence-electron chi connectivity index (χ4n) is 11.4. The van der Waals surface area contributed by atoms with Crippen molar-refractivity contribution in [3.05, 3.63) is 105 Å². The van der Waals surface area contributed by atoms with Crippen LogP contribution < -0.4 is 24.4 Å². The molecule has 1 spiro atoms. The summed E-state index contributed by atoms with van der Waals surface area (Å²) in [6.45, 7) is 7.60. The number of ether oxygens (including phenoxy) is 2. The first-order valence-corrected chi connectivity index (χ1v) is 25.0. The van der Waals surface area contributed by atoms with Gasteiger partial charge in [-0.15, -0.1) is 0 Å². The number of fused-ring (bicyclic) bond motifs is 2. The number of hydrogen-bond acceptors (Lipinski definition) is 11. The van der Waals surface area contributed by atoms with E-state index in [9.17, 15) is 23.3 Å². The van der Waals surface area contributed by atoms with E-state index in [0.717, 1.165) is 81.7 Å². The first kappa shape index (κ1) is 43.5. The monoisotopic (exact) mass is 921 g/mol. The van der Waals surface area contributed by atoms with Gasteiger partial charge in [0.25, 0.3) is 21.6 Å². The Balaban J connectivity index is 0.872. The molecular weight excluding hydrogens is 866 g/mol. The lowest BCUT2D eigenvalue weighted by Gasteiger charge is -2.56. The molecule has 5 aliphatic rings. The normalized spacial score (nSPS) is 21.4. The topological polar surface area (TPSA) is 172 Å². The molecule has 0 unspecified atom stereocenters. The maximum Gasteiger partial charge on any atom is 0.297 e. The van der Waals surface area contributed by atoms with Crippen LogP contribution in [0, 0.1) is 21.4 Å². The van der Waals surface area contributed by atoms with Crippen LogP contribution in [0.5, 0.6) is 17.2 Å². The molecule has 2 saturated carbocycles. The van der Waals surface area contributed by atoms with Gasteiger partial charge < -0.3 is 24.7 Å². The number of hydrogen-bond donors (Lipinski definition) is 3. The molecule has 10 rings (SSSR count). The van der Waals surface area contributed by atoms with Crippen LogP contribution in [-0.2, 0) is 10.0 Å². The van der Waals surface area contributed by atoms with Crippen LogP contribution in [0.15, 0.2) is 77.8 Å². The largest absolute Gasteiger partial charge is 0.489 e. The van der Waals surface area contributed by atoms with Crippen molar-refractivity contribution < 1.29 is 27.6 Å². The average Bonchev–Trinajstić information content (AvgIpc) is 3.97. The molecule has 2 saturated heterocycles. The number of nitrogens with zero attached hydrogens (tertiary/aromatic N) is 4. The van der Waals surface area contributed by atoms with E-state index in [1.165, 1.54) is 42.9 Å². The zero-order valence-corrected chi connectivity index (χ0v) is 38.4. The van der Waals surface area contributed by atoms with E-state index in [1.54, 1.807) is 30.5 Å². The Kier molecular flexibility index (Phi) is 11.7. The summed E-state index contributed by atoms with van der Waals surface area (Å²) >= 11 is 6.61. The van der Waals surface area contributed by atoms with Gasteiger partial charge in [-0.25, -0.2) is 18.1 Å². The molecule has 4 fully saturated rings. The third kappa shape index (κ3) is 8.51. The van der Waals surface area contributed by atoms with Crippen LogP contribution in [-0.4, -0.2) is 72.4 Å². The number of rotatable bonds is 11. The van der Waals surface area contributed by atoms with Crippen LogP contribution >= 0.6 is 11.6 Å². The van der Waals surface area contributed by atoms with Gasteiger partial charge in [0, 0.05) is 60.6 Å². The van der Waals surface area contributed by atoms with Crippen molar-refractivity contribution in [3.63, 3.8) is 0 Å². The van der Waals surface area contributed by atoms with Gasteiger partial charge in [-0.3, -0.25) is 19.8 Å². The number of benzene rings is 3. The molecule has 3 aromatic carbocycles. The second-order valence-electron chi connectivity index (χ2n) is 19.2. The van der Waals surface area contributed by atoms with Crippen LogP contribution in [0.3, 0.4) is 0 Å². The number of carbonyl (C=O) groups excluding carboxylic acids is 1. The van der Waals surface area contributed by atoms with Gasteiger partial charge in [0.05, 0.1) is 21.4 Å². The number of H-pyrrole nitrogens is 1. The summed E-state index contributed by atoms with van der Waals surface area (Å²) in [5, 5.41) is 16.4. The molecule has 0 bridgehead atoms. The first-order chi connectivity index (χ1) is 31.3. The van der Waals surface area contributed by atoms with E-state index in [0.29, 0.717) is 29.6 Å². The maximum absolute atomic E-state index is 14.1. The van der Waals surface area contributed by atoms with Gasteiger partial charge >= 0.3 is 0 Å². The Bertz CT molecular complexity index is 2740. The fraction of sp³-hybridized carbons (Fsp3) is 0.469. The third-order valence-electron chi connectivity index (χ3n) is 14.9. The number of anilines is 2. The Hall–Kier alpha value is -5.38. The summed E-state index contributed by atoms with van der Waals surface area (Å²) in [7, 11) is -4.65. The minimum atomic E-state index is -4.65. The van der Waals surface area contributed by atoms with Gasteiger partial charge in [-0.1, -0.05) is 69.0 Å².